The normalized spacial score (nSPS) is 18.0. The van der Waals surface area contributed by atoms with Crippen LogP contribution in [-0.4, -0.2) is 312 Å². The van der Waals surface area contributed by atoms with Crippen LogP contribution in [0.25, 0.3) is 10.9 Å². The van der Waals surface area contributed by atoms with Crippen LogP contribution in [-0.2, 0) is 44.8 Å². The number of hydrogen-bond donors (Lipinski definition) is 8. The van der Waals surface area contributed by atoms with Gasteiger partial charge in [-0.25, -0.2) is 8.78 Å². The second kappa shape index (κ2) is 40.8. The number of carbonyl (C=O) groups is 9. The molecule has 3 saturated heterocycles. The fourth-order valence-electron chi connectivity index (χ4n) is 11.6. The Bertz CT molecular complexity index is 3130. The Morgan fingerprint density at radius 2 is 1.37 bits per heavy atom. The lowest BCUT2D eigenvalue weighted by atomic mass is 10.1. The minimum Gasteiger partial charge on any atom is -0.494 e. The molecule has 0 saturated carbocycles. The highest BCUT2D eigenvalue weighted by molar-refractivity contribution is 7.99. The Labute approximate surface area is 568 Å². The van der Waals surface area contributed by atoms with E-state index in [-0.39, 0.29) is 109 Å². The van der Waals surface area contributed by atoms with E-state index >= 15 is 0 Å². The van der Waals surface area contributed by atoms with Crippen LogP contribution in [0.2, 0.25) is 0 Å². The fourth-order valence-corrected chi connectivity index (χ4v) is 12.4. The Kier molecular flexibility index (Phi) is 32.9. The van der Waals surface area contributed by atoms with Gasteiger partial charge in [0.25, 0.3) is 17.7 Å². The summed E-state index contributed by atoms with van der Waals surface area (Å²) in [6.07, 6.45) is 5.43. The molecule has 2 aromatic carbocycles. The van der Waals surface area contributed by atoms with Crippen LogP contribution in [0.15, 0.2) is 64.7 Å². The SMILES string of the molecule is CN=C[C@H]1CC(F)(F)CN1C(=O)CNC(=O)c1ccnc2ccc(OCCCCN3CCN(C(=O)C(O)CSCCNC(=O)C(CCCCN=C(C)NC(=O)CCCc4ccc(C)cc4)NC(=O)CN4CCN(CC(=O)O)CCN(CC(=O)O)CCN(CC(=O)O)CC4)CC3)cc12. The van der Waals surface area contributed by atoms with Gasteiger partial charge >= 0.3 is 17.9 Å². The average molecular weight is 1380 g/mol. The number of nitrogens with zero attached hydrogens (tertiary/aromatic N) is 10. The molecule has 0 radical (unpaired) electrons. The number of carbonyl (C=O) groups excluding carboxylic acids is 6. The predicted molar refractivity (Wildman–Crippen MR) is 362 cm³/mol. The van der Waals surface area contributed by atoms with E-state index in [1.54, 1.807) is 49.6 Å². The monoisotopic (exact) mass is 1380 g/mol. The van der Waals surface area contributed by atoms with Gasteiger partial charge in [-0.1, -0.05) is 29.8 Å². The number of piperazine rings is 1. The molecular formula is C66H96F2N14O14S. The highest BCUT2D eigenvalue weighted by Crippen LogP contribution is 2.31. The minimum absolute atomic E-state index is 0.0803. The molecule has 3 aliphatic rings. The number of carboxylic acid groups (broad SMARTS) is 3. The second-order valence-corrected chi connectivity index (χ2v) is 25.8. The summed E-state index contributed by atoms with van der Waals surface area (Å²) in [7, 11) is 1.44. The van der Waals surface area contributed by atoms with Gasteiger partial charge in [0.1, 0.15) is 17.9 Å². The summed E-state index contributed by atoms with van der Waals surface area (Å²) >= 11 is 1.28. The smallest absolute Gasteiger partial charge is 0.317 e. The number of aliphatic carboxylic acids is 3. The zero-order valence-corrected chi connectivity index (χ0v) is 56.7. The van der Waals surface area contributed by atoms with E-state index in [2.05, 4.69) is 53.3 Å². The van der Waals surface area contributed by atoms with Gasteiger partial charge in [0, 0.05) is 141 Å². The highest BCUT2D eigenvalue weighted by Gasteiger charge is 2.46. The standard InChI is InChI=1S/C66H96F2N14O14S/c1-47-12-14-49(15-13-47)9-8-11-57(84)74-48(2)70-19-5-4-10-55(75-58(85)41-77-23-25-78(42-60(87)88)27-29-80(44-62(91)92)30-28-79(26-24-77)43-61(89)90)64(94)72-21-36-97-45-56(83)65(95)81-33-31-76(32-34-81)22-6-7-35-96-51-16-17-54-53(37-51)52(18-20-71-54)63(93)73-40-59(86)82-46-66(67,68)38-50(82)39-69-3/h12-18,20,37,39,50,55-56,83H,4-11,19,21-36,38,40-46H2,1-3H3,(H,72,94)(H,73,93)(H,75,85)(H,87,88)(H,89,90)(H,91,92)(H,70,74,84)/t50-,55?,56?/m1/s1. The average Bonchev–Trinajstić information content (AvgIpc) is 1.79. The van der Waals surface area contributed by atoms with Crippen LogP contribution in [0.3, 0.4) is 0 Å². The largest absolute Gasteiger partial charge is 0.494 e. The van der Waals surface area contributed by atoms with Crippen LogP contribution in [0.5, 0.6) is 5.75 Å². The van der Waals surface area contributed by atoms with Gasteiger partial charge in [-0.3, -0.25) is 82.6 Å². The Balaban J connectivity index is 0.933. The second-order valence-electron chi connectivity index (χ2n) is 24.6. The van der Waals surface area contributed by atoms with Crippen molar-refractivity contribution in [1.29, 1.82) is 0 Å². The number of aryl methyl sites for hydroxylation is 2. The number of pyridine rings is 1. The maximum atomic E-state index is 14.1. The molecule has 6 rings (SSSR count). The summed E-state index contributed by atoms with van der Waals surface area (Å²) in [5, 5.41) is 51.5. The molecule has 3 atom stereocenters. The summed E-state index contributed by atoms with van der Waals surface area (Å²) in [6.45, 7) is 6.61. The number of benzene rings is 2. The molecule has 28 nitrogen and oxygen atoms in total. The lowest BCUT2D eigenvalue weighted by Gasteiger charge is -2.35. The summed E-state index contributed by atoms with van der Waals surface area (Å²) in [5.41, 5.74) is 3.08. The molecule has 0 aliphatic carbocycles. The van der Waals surface area contributed by atoms with Crippen LogP contribution < -0.4 is 26.0 Å². The number of aromatic nitrogens is 1. The first kappa shape index (κ1) is 78.2. The van der Waals surface area contributed by atoms with E-state index in [0.29, 0.717) is 99.7 Å². The topological polar surface area (TPSA) is 352 Å². The van der Waals surface area contributed by atoms with Gasteiger partial charge in [0.05, 0.1) is 68.8 Å². The minimum atomic E-state index is -3.05. The number of thioether (sulfide) groups is 1. The van der Waals surface area contributed by atoms with Crippen molar-refractivity contribution in [2.45, 2.75) is 95.7 Å². The van der Waals surface area contributed by atoms with Gasteiger partial charge in [-0.2, -0.15) is 11.8 Å². The van der Waals surface area contributed by atoms with Gasteiger partial charge in [0.15, 0.2) is 0 Å². The first-order chi connectivity index (χ1) is 46.4. The molecule has 3 fully saturated rings. The van der Waals surface area contributed by atoms with Gasteiger partial charge < -0.3 is 56.2 Å². The number of carboxylic acids is 3. The lowest BCUT2D eigenvalue weighted by Crippen LogP contribution is -2.52. The number of aliphatic hydroxyl groups is 1. The van der Waals surface area contributed by atoms with E-state index in [9.17, 15) is 72.4 Å². The quantitative estimate of drug-likeness (QED) is 0.0234. The number of rotatable bonds is 35. The van der Waals surface area contributed by atoms with Crippen LogP contribution in [0, 0.1) is 6.92 Å². The molecule has 6 amide bonds. The zero-order chi connectivity index (χ0) is 70.3. The van der Waals surface area contributed by atoms with Crippen molar-refractivity contribution >= 4 is 88.1 Å². The molecule has 534 valence electrons. The summed E-state index contributed by atoms with van der Waals surface area (Å²) in [6, 6.07) is 13.0. The van der Waals surface area contributed by atoms with E-state index in [1.165, 1.54) is 42.9 Å². The van der Waals surface area contributed by atoms with Crippen LogP contribution >= 0.6 is 11.8 Å². The van der Waals surface area contributed by atoms with Crippen molar-refractivity contribution < 1.29 is 77.1 Å². The maximum absolute atomic E-state index is 14.1. The zero-order valence-electron chi connectivity index (χ0n) is 55.8. The third-order valence-corrected chi connectivity index (χ3v) is 17.9. The maximum Gasteiger partial charge on any atom is 0.317 e. The molecule has 3 aliphatic heterocycles. The number of halogens is 2. The summed E-state index contributed by atoms with van der Waals surface area (Å²) in [4.78, 5) is 140. The molecule has 0 bridgehead atoms. The number of amides is 6. The van der Waals surface area contributed by atoms with Crippen molar-refractivity contribution in [1.82, 2.24) is 60.6 Å². The van der Waals surface area contributed by atoms with Crippen molar-refractivity contribution in [3.63, 3.8) is 0 Å². The van der Waals surface area contributed by atoms with Gasteiger partial charge in [-0.05, 0) is 95.2 Å². The van der Waals surface area contributed by atoms with Crippen molar-refractivity contribution in [2.24, 2.45) is 9.98 Å². The van der Waals surface area contributed by atoms with E-state index in [1.807, 2.05) is 19.1 Å². The Morgan fingerprint density at radius 3 is 1.99 bits per heavy atom. The van der Waals surface area contributed by atoms with Gasteiger partial charge in [0.2, 0.25) is 23.6 Å². The molecule has 2 unspecified atom stereocenters. The van der Waals surface area contributed by atoms with Crippen LogP contribution in [0.4, 0.5) is 8.78 Å². The van der Waals surface area contributed by atoms with E-state index in [4.69, 9.17) is 4.74 Å². The van der Waals surface area contributed by atoms with Crippen molar-refractivity contribution in [2.75, 3.05) is 163 Å². The number of nitrogens with one attached hydrogen (secondary N) is 4. The van der Waals surface area contributed by atoms with Crippen molar-refractivity contribution in [3.05, 3.63) is 71.4 Å². The molecule has 4 heterocycles. The molecule has 97 heavy (non-hydrogen) atoms. The molecular weight excluding hydrogens is 1280 g/mol. The number of likely N-dealkylation sites (tertiary alicyclic amines) is 1. The van der Waals surface area contributed by atoms with Crippen molar-refractivity contribution in [3.8, 4) is 5.75 Å². The third-order valence-electron chi connectivity index (χ3n) is 16.8. The third kappa shape index (κ3) is 28.7. The van der Waals surface area contributed by atoms with Gasteiger partial charge in [-0.15, -0.1) is 0 Å². The molecule has 1 aromatic heterocycles. The number of unbranched alkanes of at least 4 members (excludes halogenated alkanes) is 2. The number of aliphatic imine (C=N–C) groups is 2. The van der Waals surface area contributed by atoms with E-state index < -0.39 is 91.1 Å². The molecule has 0 spiro atoms. The Hall–Kier alpha value is -7.81. The first-order valence-corrected chi connectivity index (χ1v) is 34.2. The molecule has 31 heteroatoms. The molecule has 3 aromatic rings. The number of amidine groups is 1. The highest BCUT2D eigenvalue weighted by atomic mass is 32.2. The van der Waals surface area contributed by atoms with E-state index in [0.717, 1.165) is 29.8 Å². The number of aliphatic hydroxyl groups excluding tert-OH is 1. The summed E-state index contributed by atoms with van der Waals surface area (Å²) < 4.78 is 34.3. The first-order valence-electron chi connectivity index (χ1n) is 33.1. The number of ether oxygens (including phenoxy) is 1. The number of alkyl halides is 2. The predicted octanol–water partition coefficient (Wildman–Crippen LogP) is 1.41. The van der Waals surface area contributed by atoms with Crippen LogP contribution in [0.1, 0.15) is 79.8 Å². The number of fused-ring (bicyclic) bond motifs is 1. The Morgan fingerprint density at radius 1 is 0.753 bits per heavy atom. The summed E-state index contributed by atoms with van der Waals surface area (Å²) in [5.74, 6) is -7.63. The molecule has 8 N–H and O–H groups in total. The number of hydrogen-bond acceptors (Lipinski definition) is 20. The fraction of sp³-hybridized carbons (Fsp3) is 0.606. The lowest BCUT2D eigenvalue weighted by molar-refractivity contribution is -0.141.